The van der Waals surface area contributed by atoms with Crippen LogP contribution in [0.15, 0.2) is 48.0 Å². The lowest BCUT2D eigenvalue weighted by Gasteiger charge is -2.09. The van der Waals surface area contributed by atoms with E-state index < -0.39 is 9.05 Å². The van der Waals surface area contributed by atoms with Gasteiger partial charge in [-0.05, 0) is 24.3 Å². The summed E-state index contributed by atoms with van der Waals surface area (Å²) >= 11 is 0. The molecule has 1 aromatic carbocycles. The normalized spacial score (nSPS) is 11.4. The van der Waals surface area contributed by atoms with E-state index in [2.05, 4.69) is 11.6 Å². The summed E-state index contributed by atoms with van der Waals surface area (Å²) in [6, 6.07) is 6.37. The lowest BCUT2D eigenvalue weighted by Crippen LogP contribution is -1.98. The van der Waals surface area contributed by atoms with Crippen LogP contribution in [-0.4, -0.2) is 20.0 Å². The molecule has 1 aromatic heterocycles. The average molecular weight is 284 g/mol. The zero-order valence-corrected chi connectivity index (χ0v) is 10.9. The van der Waals surface area contributed by atoms with E-state index in [9.17, 15) is 8.42 Å². The summed E-state index contributed by atoms with van der Waals surface area (Å²) in [5, 5.41) is 0.598. The van der Waals surface area contributed by atoms with E-state index in [4.69, 9.17) is 15.4 Å². The molecular weight excluding hydrogens is 274 g/mol. The van der Waals surface area contributed by atoms with Gasteiger partial charge in [-0.15, -0.1) is 0 Å². The van der Waals surface area contributed by atoms with Crippen LogP contribution < -0.4 is 4.74 Å². The van der Waals surface area contributed by atoms with Crippen molar-refractivity contribution in [2.75, 3.05) is 6.61 Å². The van der Waals surface area contributed by atoms with Crippen molar-refractivity contribution in [3.63, 3.8) is 0 Å². The van der Waals surface area contributed by atoms with Crippen molar-refractivity contribution < 1.29 is 13.2 Å². The van der Waals surface area contributed by atoms with Crippen LogP contribution in [0, 0.1) is 0 Å². The topological polar surface area (TPSA) is 56.3 Å². The van der Waals surface area contributed by atoms with Gasteiger partial charge in [-0.1, -0.05) is 12.7 Å². The highest BCUT2D eigenvalue weighted by atomic mass is 35.7. The molecule has 18 heavy (non-hydrogen) atoms. The minimum atomic E-state index is -3.83. The lowest BCUT2D eigenvalue weighted by atomic mass is 10.2. The first-order chi connectivity index (χ1) is 8.54. The second kappa shape index (κ2) is 4.96. The summed E-state index contributed by atoms with van der Waals surface area (Å²) < 4.78 is 28.3. The third-order valence-corrected chi connectivity index (χ3v) is 3.67. The van der Waals surface area contributed by atoms with Gasteiger partial charge in [-0.25, -0.2) is 8.42 Å². The van der Waals surface area contributed by atoms with E-state index in [0.717, 1.165) is 0 Å². The smallest absolute Gasteiger partial charge is 0.263 e. The van der Waals surface area contributed by atoms with Crippen LogP contribution in [0.4, 0.5) is 0 Å². The van der Waals surface area contributed by atoms with Crippen LogP contribution in [0.1, 0.15) is 0 Å². The maximum Gasteiger partial charge on any atom is 0.263 e. The van der Waals surface area contributed by atoms with Crippen LogP contribution in [0.25, 0.3) is 10.9 Å². The van der Waals surface area contributed by atoms with Crippen LogP contribution in [0.2, 0.25) is 0 Å². The SMILES string of the molecule is C=CCOc1ccc(S(=O)(=O)Cl)c2ncccc12. The molecule has 0 unspecified atom stereocenters. The molecule has 0 aliphatic heterocycles. The lowest BCUT2D eigenvalue weighted by molar-refractivity contribution is 0.367. The molecule has 0 aliphatic carbocycles. The van der Waals surface area contributed by atoms with Gasteiger partial charge in [0.1, 0.15) is 17.3 Å². The Hall–Kier alpha value is -1.59. The quantitative estimate of drug-likeness (QED) is 0.639. The molecule has 2 rings (SSSR count). The van der Waals surface area contributed by atoms with Crippen molar-refractivity contribution >= 4 is 30.6 Å². The minimum absolute atomic E-state index is 0.0225. The van der Waals surface area contributed by atoms with E-state index in [0.29, 0.717) is 23.3 Å². The number of ether oxygens (including phenoxy) is 1. The highest BCUT2D eigenvalue weighted by Crippen LogP contribution is 2.31. The second-order valence-electron chi connectivity index (χ2n) is 3.50. The van der Waals surface area contributed by atoms with Gasteiger partial charge in [0.2, 0.25) is 0 Å². The Morgan fingerprint density at radius 2 is 2.17 bits per heavy atom. The maximum atomic E-state index is 11.4. The average Bonchev–Trinajstić information content (AvgIpc) is 2.34. The molecule has 0 radical (unpaired) electrons. The van der Waals surface area contributed by atoms with Gasteiger partial charge in [-0.3, -0.25) is 4.98 Å². The van der Waals surface area contributed by atoms with E-state index in [1.807, 2.05) is 0 Å². The fourth-order valence-corrected chi connectivity index (χ4v) is 2.59. The molecule has 0 bridgehead atoms. The Bertz CT molecular complexity index is 698. The van der Waals surface area contributed by atoms with Gasteiger partial charge in [0, 0.05) is 22.3 Å². The van der Waals surface area contributed by atoms with Gasteiger partial charge < -0.3 is 4.74 Å². The molecule has 1 heterocycles. The Morgan fingerprint density at radius 1 is 1.39 bits per heavy atom. The number of hydrogen-bond donors (Lipinski definition) is 0. The summed E-state index contributed by atoms with van der Waals surface area (Å²) in [4.78, 5) is 4.02. The predicted octanol–water partition coefficient (Wildman–Crippen LogP) is 2.73. The Morgan fingerprint density at radius 3 is 2.83 bits per heavy atom. The highest BCUT2D eigenvalue weighted by molar-refractivity contribution is 8.14. The molecule has 0 aliphatic rings. The molecule has 0 amide bonds. The molecule has 94 valence electrons. The van der Waals surface area contributed by atoms with Crippen molar-refractivity contribution in [2.45, 2.75) is 4.90 Å². The first-order valence-electron chi connectivity index (χ1n) is 5.10. The number of halogens is 1. The fourth-order valence-electron chi connectivity index (χ4n) is 1.59. The summed E-state index contributed by atoms with van der Waals surface area (Å²) in [5.41, 5.74) is 0.300. The number of benzene rings is 1. The largest absolute Gasteiger partial charge is 0.489 e. The van der Waals surface area contributed by atoms with Crippen molar-refractivity contribution in [3.05, 3.63) is 43.1 Å². The zero-order valence-electron chi connectivity index (χ0n) is 9.34. The number of aromatic nitrogens is 1. The summed E-state index contributed by atoms with van der Waals surface area (Å²) in [6.07, 6.45) is 3.11. The molecule has 0 spiro atoms. The first kappa shape index (κ1) is 12.9. The highest BCUT2D eigenvalue weighted by Gasteiger charge is 2.17. The van der Waals surface area contributed by atoms with E-state index >= 15 is 0 Å². The molecule has 4 nitrogen and oxygen atoms in total. The first-order valence-corrected chi connectivity index (χ1v) is 7.41. The molecular formula is C12H10ClNO3S. The maximum absolute atomic E-state index is 11.4. The van der Waals surface area contributed by atoms with E-state index in [1.165, 1.54) is 12.3 Å². The molecule has 0 fully saturated rings. The van der Waals surface area contributed by atoms with Crippen LogP contribution in [-0.2, 0) is 9.05 Å². The van der Waals surface area contributed by atoms with Gasteiger partial charge in [0.15, 0.2) is 0 Å². The van der Waals surface area contributed by atoms with Crippen molar-refractivity contribution in [1.29, 1.82) is 0 Å². The standard InChI is InChI=1S/C12H10ClNO3S/c1-2-8-17-10-5-6-11(18(13,15)16)12-9(10)4-3-7-14-12/h2-7H,1,8H2. The van der Waals surface area contributed by atoms with Crippen molar-refractivity contribution in [3.8, 4) is 5.75 Å². The van der Waals surface area contributed by atoms with Gasteiger partial charge in [0.05, 0.1) is 5.52 Å². The summed E-state index contributed by atoms with van der Waals surface area (Å²) in [6.45, 7) is 3.89. The Labute approximate surface area is 109 Å². The number of nitrogens with zero attached hydrogens (tertiary/aromatic N) is 1. The third-order valence-electron chi connectivity index (χ3n) is 2.31. The second-order valence-corrected chi connectivity index (χ2v) is 6.03. The minimum Gasteiger partial charge on any atom is -0.489 e. The molecule has 6 heteroatoms. The monoisotopic (exact) mass is 283 g/mol. The zero-order chi connectivity index (χ0) is 13.2. The van der Waals surface area contributed by atoms with Gasteiger partial charge >= 0.3 is 0 Å². The summed E-state index contributed by atoms with van der Waals surface area (Å²) in [5.74, 6) is 0.544. The number of hydrogen-bond acceptors (Lipinski definition) is 4. The van der Waals surface area contributed by atoms with Crippen LogP contribution in [0.5, 0.6) is 5.75 Å². The van der Waals surface area contributed by atoms with Gasteiger partial charge in [-0.2, -0.15) is 0 Å². The Balaban J connectivity index is 2.70. The van der Waals surface area contributed by atoms with Crippen molar-refractivity contribution in [1.82, 2.24) is 4.98 Å². The number of pyridine rings is 1. The third kappa shape index (κ3) is 2.47. The van der Waals surface area contributed by atoms with Crippen molar-refractivity contribution in [2.24, 2.45) is 0 Å². The molecule has 0 saturated carbocycles. The van der Waals surface area contributed by atoms with Gasteiger partial charge in [0.25, 0.3) is 9.05 Å². The van der Waals surface area contributed by atoms with E-state index in [1.54, 1.807) is 24.3 Å². The molecule has 0 N–H and O–H groups in total. The van der Waals surface area contributed by atoms with E-state index in [-0.39, 0.29) is 4.90 Å². The predicted molar refractivity (Wildman–Crippen MR) is 70.5 cm³/mol. The molecule has 0 saturated heterocycles. The molecule has 2 aromatic rings. The number of rotatable bonds is 4. The summed E-state index contributed by atoms with van der Waals surface area (Å²) in [7, 11) is 1.54. The molecule has 0 atom stereocenters. The van der Waals surface area contributed by atoms with Crippen LogP contribution >= 0.6 is 10.7 Å². The van der Waals surface area contributed by atoms with Crippen LogP contribution in [0.3, 0.4) is 0 Å². The number of fused-ring (bicyclic) bond motifs is 1. The fraction of sp³-hybridized carbons (Fsp3) is 0.0833. The Kier molecular flexibility index (Phi) is 3.54.